The quantitative estimate of drug-likeness (QED) is 0.814. The highest BCUT2D eigenvalue weighted by atomic mass is 79.9. The lowest BCUT2D eigenvalue weighted by Gasteiger charge is -2.39. The van der Waals surface area contributed by atoms with Gasteiger partial charge < -0.3 is 11.1 Å². The van der Waals surface area contributed by atoms with Gasteiger partial charge in [0.25, 0.3) is 5.91 Å². The second-order valence-electron chi connectivity index (χ2n) is 6.03. The molecule has 1 amide bonds. The minimum atomic E-state index is -0.0343. The van der Waals surface area contributed by atoms with Crippen molar-refractivity contribution in [2.24, 2.45) is 5.41 Å². The Kier molecular flexibility index (Phi) is 4.19. The number of rotatable bonds is 2. The van der Waals surface area contributed by atoms with E-state index in [0.717, 1.165) is 10.9 Å². The maximum absolute atomic E-state index is 12.3. The molecule has 1 aliphatic rings. The topological polar surface area (TPSA) is 55.1 Å². The van der Waals surface area contributed by atoms with Crippen molar-refractivity contribution in [2.75, 3.05) is 5.73 Å². The van der Waals surface area contributed by atoms with E-state index < -0.39 is 0 Å². The normalized spacial score (nSPS) is 21.9. The Labute approximate surface area is 123 Å². The zero-order valence-corrected chi connectivity index (χ0v) is 13.1. The molecule has 1 saturated carbocycles. The Balaban J connectivity index is 2.12. The van der Waals surface area contributed by atoms with Gasteiger partial charge in [-0.05, 0) is 36.5 Å². The van der Waals surface area contributed by atoms with Crippen LogP contribution in [0.4, 0.5) is 5.69 Å². The highest BCUT2D eigenvalue weighted by Crippen LogP contribution is 2.35. The van der Waals surface area contributed by atoms with Gasteiger partial charge in [-0.25, -0.2) is 0 Å². The van der Waals surface area contributed by atoms with Crippen LogP contribution in [0.2, 0.25) is 0 Å². The number of carbonyl (C=O) groups excluding carboxylic acids is 1. The standard InChI is InChI=1S/C15H21BrN2O/c1-15(2)6-4-3-5-13(15)18-14(19)10-7-11(16)9-12(17)8-10/h7-9,13H,3-6,17H2,1-2H3,(H,18,19). The summed E-state index contributed by atoms with van der Waals surface area (Å²) in [5.74, 6) is -0.0343. The number of carbonyl (C=O) groups is 1. The zero-order chi connectivity index (χ0) is 14.0. The summed E-state index contributed by atoms with van der Waals surface area (Å²) in [5.41, 5.74) is 7.16. The van der Waals surface area contributed by atoms with E-state index in [2.05, 4.69) is 35.1 Å². The van der Waals surface area contributed by atoms with E-state index in [1.54, 1.807) is 12.1 Å². The van der Waals surface area contributed by atoms with Gasteiger partial charge in [-0.1, -0.05) is 42.6 Å². The minimum absolute atomic E-state index is 0.0343. The van der Waals surface area contributed by atoms with Gasteiger partial charge in [-0.2, -0.15) is 0 Å². The minimum Gasteiger partial charge on any atom is -0.399 e. The lowest BCUT2D eigenvalue weighted by atomic mass is 9.73. The SMILES string of the molecule is CC1(C)CCCCC1NC(=O)c1cc(N)cc(Br)c1. The van der Waals surface area contributed by atoms with Crippen LogP contribution in [0.25, 0.3) is 0 Å². The molecule has 4 heteroatoms. The van der Waals surface area contributed by atoms with Gasteiger partial charge in [0, 0.05) is 21.8 Å². The third-order valence-electron chi connectivity index (χ3n) is 3.99. The van der Waals surface area contributed by atoms with Crippen molar-refractivity contribution < 1.29 is 4.79 Å². The van der Waals surface area contributed by atoms with E-state index >= 15 is 0 Å². The van der Waals surface area contributed by atoms with E-state index in [4.69, 9.17) is 5.73 Å². The van der Waals surface area contributed by atoms with Gasteiger partial charge in [-0.15, -0.1) is 0 Å². The summed E-state index contributed by atoms with van der Waals surface area (Å²) in [6.45, 7) is 4.46. The fraction of sp³-hybridized carbons (Fsp3) is 0.533. The fourth-order valence-electron chi connectivity index (χ4n) is 2.75. The number of nitrogen functional groups attached to an aromatic ring is 1. The summed E-state index contributed by atoms with van der Waals surface area (Å²) in [5, 5.41) is 3.16. The first-order chi connectivity index (χ1) is 8.88. The van der Waals surface area contributed by atoms with Crippen LogP contribution in [0.1, 0.15) is 49.9 Å². The molecule has 0 radical (unpaired) electrons. The molecule has 3 nitrogen and oxygen atoms in total. The Morgan fingerprint density at radius 1 is 1.37 bits per heavy atom. The first kappa shape index (κ1) is 14.4. The molecule has 1 unspecified atom stereocenters. The fourth-order valence-corrected chi connectivity index (χ4v) is 3.26. The number of nitrogens with one attached hydrogen (secondary N) is 1. The molecule has 2 rings (SSSR count). The number of nitrogens with two attached hydrogens (primary N) is 1. The highest BCUT2D eigenvalue weighted by molar-refractivity contribution is 9.10. The van der Waals surface area contributed by atoms with E-state index in [1.165, 1.54) is 19.3 Å². The Bertz CT molecular complexity index is 465. The van der Waals surface area contributed by atoms with Crippen LogP contribution in [0.15, 0.2) is 22.7 Å². The predicted octanol–water partition coefficient (Wildman–Crippen LogP) is 3.73. The molecule has 19 heavy (non-hydrogen) atoms. The first-order valence-corrected chi connectivity index (χ1v) is 7.55. The first-order valence-electron chi connectivity index (χ1n) is 6.75. The van der Waals surface area contributed by atoms with Gasteiger partial charge >= 0.3 is 0 Å². The van der Waals surface area contributed by atoms with Crippen LogP contribution in [-0.4, -0.2) is 11.9 Å². The summed E-state index contributed by atoms with van der Waals surface area (Å²) in [6.07, 6.45) is 4.67. The molecule has 104 valence electrons. The summed E-state index contributed by atoms with van der Waals surface area (Å²) < 4.78 is 0.834. The van der Waals surface area contributed by atoms with Crippen LogP contribution in [0.3, 0.4) is 0 Å². The van der Waals surface area contributed by atoms with E-state index in [-0.39, 0.29) is 17.4 Å². The molecule has 1 atom stereocenters. The van der Waals surface area contributed by atoms with Gasteiger partial charge in [0.15, 0.2) is 0 Å². The number of benzene rings is 1. The van der Waals surface area contributed by atoms with E-state index in [1.807, 2.05) is 6.07 Å². The van der Waals surface area contributed by atoms with Crippen LogP contribution in [0.5, 0.6) is 0 Å². The molecule has 0 heterocycles. The molecular formula is C15H21BrN2O. The highest BCUT2D eigenvalue weighted by Gasteiger charge is 2.33. The second kappa shape index (κ2) is 5.53. The van der Waals surface area contributed by atoms with Crippen molar-refractivity contribution >= 4 is 27.5 Å². The van der Waals surface area contributed by atoms with Crippen LogP contribution < -0.4 is 11.1 Å². The number of anilines is 1. The van der Waals surface area contributed by atoms with E-state index in [9.17, 15) is 4.79 Å². The predicted molar refractivity (Wildman–Crippen MR) is 82.1 cm³/mol. The lowest BCUT2D eigenvalue weighted by molar-refractivity contribution is 0.0853. The summed E-state index contributed by atoms with van der Waals surface area (Å²) in [4.78, 5) is 12.3. The molecule has 1 fully saturated rings. The average Bonchev–Trinajstić information content (AvgIpc) is 2.30. The maximum atomic E-state index is 12.3. The molecule has 0 saturated heterocycles. The van der Waals surface area contributed by atoms with Gasteiger partial charge in [0.05, 0.1) is 0 Å². The number of hydrogen-bond donors (Lipinski definition) is 2. The third kappa shape index (κ3) is 3.50. The number of hydrogen-bond acceptors (Lipinski definition) is 2. The molecule has 1 aromatic rings. The van der Waals surface area contributed by atoms with Crippen LogP contribution >= 0.6 is 15.9 Å². The van der Waals surface area contributed by atoms with Crippen molar-refractivity contribution in [3.05, 3.63) is 28.2 Å². The smallest absolute Gasteiger partial charge is 0.251 e. The largest absolute Gasteiger partial charge is 0.399 e. The van der Waals surface area contributed by atoms with Crippen molar-refractivity contribution in [2.45, 2.75) is 45.6 Å². The molecule has 3 N–H and O–H groups in total. The summed E-state index contributed by atoms with van der Waals surface area (Å²) in [7, 11) is 0. The van der Waals surface area contributed by atoms with Crippen molar-refractivity contribution in [1.29, 1.82) is 0 Å². The Morgan fingerprint density at radius 2 is 2.11 bits per heavy atom. The van der Waals surface area contributed by atoms with Gasteiger partial charge in [-0.3, -0.25) is 4.79 Å². The van der Waals surface area contributed by atoms with Crippen molar-refractivity contribution in [3.8, 4) is 0 Å². The average molecular weight is 325 g/mol. The van der Waals surface area contributed by atoms with Crippen LogP contribution in [-0.2, 0) is 0 Å². The maximum Gasteiger partial charge on any atom is 0.251 e. The number of amides is 1. The molecule has 0 aliphatic heterocycles. The molecular weight excluding hydrogens is 304 g/mol. The third-order valence-corrected chi connectivity index (χ3v) is 4.45. The Hall–Kier alpha value is -1.03. The van der Waals surface area contributed by atoms with Crippen molar-refractivity contribution in [1.82, 2.24) is 5.32 Å². The zero-order valence-electron chi connectivity index (χ0n) is 11.5. The number of halogens is 1. The summed E-state index contributed by atoms with van der Waals surface area (Å²) in [6, 6.07) is 5.56. The van der Waals surface area contributed by atoms with Gasteiger partial charge in [0.1, 0.15) is 0 Å². The lowest BCUT2D eigenvalue weighted by Crippen LogP contribution is -2.46. The van der Waals surface area contributed by atoms with Crippen molar-refractivity contribution in [3.63, 3.8) is 0 Å². The van der Waals surface area contributed by atoms with Crippen LogP contribution in [0, 0.1) is 5.41 Å². The Morgan fingerprint density at radius 3 is 2.74 bits per heavy atom. The van der Waals surface area contributed by atoms with E-state index in [0.29, 0.717) is 11.3 Å². The molecule has 0 aromatic heterocycles. The molecule has 0 bridgehead atoms. The molecule has 1 aliphatic carbocycles. The summed E-state index contributed by atoms with van der Waals surface area (Å²) >= 11 is 3.37. The molecule has 0 spiro atoms. The van der Waals surface area contributed by atoms with Gasteiger partial charge in [0.2, 0.25) is 0 Å². The molecule has 1 aromatic carbocycles. The second-order valence-corrected chi connectivity index (χ2v) is 6.95. The monoisotopic (exact) mass is 324 g/mol.